The van der Waals surface area contributed by atoms with E-state index >= 15 is 0 Å². The maximum atomic E-state index is 7.38. The van der Waals surface area contributed by atoms with Crippen LogP contribution in [0, 0.1) is 0 Å². The van der Waals surface area contributed by atoms with Gasteiger partial charge in [-0.2, -0.15) is 0 Å². The van der Waals surface area contributed by atoms with E-state index < -0.39 is 5.75 Å². The second kappa shape index (κ2) is 1.52. The molecule has 2 N–H and O–H groups in total. The van der Waals surface area contributed by atoms with Gasteiger partial charge in [-0.05, 0) is 0 Å². The highest BCUT2D eigenvalue weighted by molar-refractivity contribution is 6.18. The Kier molecular flexibility index (Phi) is 1.60. The van der Waals surface area contributed by atoms with Crippen LogP contribution < -0.4 is 0 Å². The number of aliphatic hydroxyl groups excluding tert-OH is 1. The van der Waals surface area contributed by atoms with Crippen LogP contribution in [0.1, 0.15) is 0 Å². The standard InChI is InChI=1S/CH3ClO2/c2-1(3)4/h1,3-4H. The van der Waals surface area contributed by atoms with Crippen LogP contribution >= 0.6 is 11.6 Å². The zero-order chi connectivity index (χ0) is 3.58. The quantitative estimate of drug-likeness (QED) is 0.305. The van der Waals surface area contributed by atoms with Crippen molar-refractivity contribution in [3.63, 3.8) is 0 Å². The second-order valence-corrected chi connectivity index (χ2v) is 0.701. The van der Waals surface area contributed by atoms with Crippen molar-refractivity contribution in [3.05, 3.63) is 0 Å². The summed E-state index contributed by atoms with van der Waals surface area (Å²) in [5.74, 6) is -1.69. The molecule has 0 aromatic heterocycles. The van der Waals surface area contributed by atoms with Crippen molar-refractivity contribution in [1.29, 1.82) is 0 Å². The monoisotopic (exact) mass is 82.0 g/mol. The molecule has 0 fully saturated rings. The number of aliphatic hydroxyl groups is 2. The van der Waals surface area contributed by atoms with Crippen LogP contribution in [-0.4, -0.2) is 16.0 Å². The number of hydrogen-bond acceptors (Lipinski definition) is 2. The van der Waals surface area contributed by atoms with E-state index in [2.05, 4.69) is 11.6 Å². The van der Waals surface area contributed by atoms with Gasteiger partial charge in [0.1, 0.15) is 0 Å². The van der Waals surface area contributed by atoms with Crippen LogP contribution in [-0.2, 0) is 0 Å². The van der Waals surface area contributed by atoms with Crippen LogP contribution in [0.25, 0.3) is 0 Å². The third-order valence-electron chi connectivity index (χ3n) is 0. The molecule has 0 aliphatic heterocycles. The summed E-state index contributed by atoms with van der Waals surface area (Å²) in [7, 11) is 0. The third-order valence-corrected chi connectivity index (χ3v) is 0. The first-order valence-corrected chi connectivity index (χ1v) is 1.17. The van der Waals surface area contributed by atoms with Gasteiger partial charge in [0, 0.05) is 0 Å². The predicted octanol–water partition coefficient (Wildman–Crippen LogP) is -0.507. The first-order chi connectivity index (χ1) is 1.73. The summed E-state index contributed by atoms with van der Waals surface area (Å²) in [6.45, 7) is 0. The normalized spacial score (nSPS) is 9.00. The Labute approximate surface area is 28.6 Å². The number of alkyl halides is 1. The van der Waals surface area contributed by atoms with E-state index in [1.165, 1.54) is 0 Å². The molecule has 0 aliphatic carbocycles. The van der Waals surface area contributed by atoms with Crippen LogP contribution in [0.2, 0.25) is 0 Å². The lowest BCUT2D eigenvalue weighted by atomic mass is 11.5. The Bertz CT molecular complexity index is 10.8. The Morgan fingerprint density at radius 2 is 1.50 bits per heavy atom. The first-order valence-electron chi connectivity index (χ1n) is 0.735. The molecule has 0 saturated heterocycles. The Morgan fingerprint density at radius 3 is 1.50 bits per heavy atom. The lowest BCUT2D eigenvalue weighted by molar-refractivity contribution is 0.0333. The molecule has 0 heterocycles. The molecule has 0 atom stereocenters. The highest BCUT2D eigenvalue weighted by atomic mass is 35.5. The van der Waals surface area contributed by atoms with Crippen molar-refractivity contribution in [2.24, 2.45) is 0 Å². The summed E-state index contributed by atoms with van der Waals surface area (Å²) in [5, 5.41) is 14.8. The molecule has 0 bridgehead atoms. The Morgan fingerprint density at radius 1 is 1.50 bits per heavy atom. The van der Waals surface area contributed by atoms with Gasteiger partial charge in [-0.3, -0.25) is 0 Å². The Balaban J connectivity index is 2.32. The lowest BCUT2D eigenvalue weighted by Crippen LogP contribution is -1.86. The summed E-state index contributed by atoms with van der Waals surface area (Å²) in [6.07, 6.45) is 0. The van der Waals surface area contributed by atoms with Gasteiger partial charge in [0.15, 0.2) is 0 Å². The van der Waals surface area contributed by atoms with E-state index in [9.17, 15) is 0 Å². The van der Waals surface area contributed by atoms with E-state index in [1.807, 2.05) is 0 Å². The summed E-state index contributed by atoms with van der Waals surface area (Å²) in [4.78, 5) is 0. The van der Waals surface area contributed by atoms with Gasteiger partial charge in [-0.1, -0.05) is 11.6 Å². The molecule has 0 spiro atoms. The van der Waals surface area contributed by atoms with Gasteiger partial charge in [0.2, 0.25) is 5.75 Å². The molecular formula is CH3ClO2. The van der Waals surface area contributed by atoms with Crippen LogP contribution in [0.3, 0.4) is 0 Å². The van der Waals surface area contributed by atoms with E-state index in [1.54, 1.807) is 0 Å². The molecule has 3 heteroatoms. The zero-order valence-corrected chi connectivity index (χ0v) is 2.61. The fourth-order valence-electron chi connectivity index (χ4n) is 0. The number of halogens is 1. The van der Waals surface area contributed by atoms with Crippen LogP contribution in [0.15, 0.2) is 0 Å². The minimum absolute atomic E-state index is 1.69. The second-order valence-electron chi connectivity index (χ2n) is 0.311. The fraction of sp³-hybridized carbons (Fsp3) is 1.00. The zero-order valence-electron chi connectivity index (χ0n) is 1.85. The molecule has 4 heavy (non-hydrogen) atoms. The van der Waals surface area contributed by atoms with Crippen molar-refractivity contribution in [3.8, 4) is 0 Å². The molecule has 0 unspecified atom stereocenters. The van der Waals surface area contributed by atoms with E-state index in [0.29, 0.717) is 0 Å². The van der Waals surface area contributed by atoms with Crippen molar-refractivity contribution >= 4 is 11.6 Å². The van der Waals surface area contributed by atoms with Gasteiger partial charge < -0.3 is 10.2 Å². The maximum absolute atomic E-state index is 7.38. The molecule has 0 saturated carbocycles. The molecule has 0 aliphatic rings. The largest absolute Gasteiger partial charge is 0.356 e. The molecule has 0 amide bonds. The van der Waals surface area contributed by atoms with Crippen LogP contribution in [0.4, 0.5) is 0 Å². The minimum atomic E-state index is -1.69. The van der Waals surface area contributed by atoms with Crippen LogP contribution in [0.5, 0.6) is 0 Å². The van der Waals surface area contributed by atoms with E-state index in [-0.39, 0.29) is 0 Å². The average Bonchev–Trinajstić information content (AvgIpc) is 0.811. The summed E-state index contributed by atoms with van der Waals surface area (Å²) in [6, 6.07) is 0. The third kappa shape index (κ3) is 73.4. The predicted molar refractivity (Wildman–Crippen MR) is 14.1 cm³/mol. The smallest absolute Gasteiger partial charge is 0.232 e. The summed E-state index contributed by atoms with van der Waals surface area (Å²) in [5.41, 5.74) is 0. The fourth-order valence-corrected chi connectivity index (χ4v) is 0. The summed E-state index contributed by atoms with van der Waals surface area (Å²) >= 11 is 4.39. The van der Waals surface area contributed by atoms with Gasteiger partial charge in [0.25, 0.3) is 0 Å². The molecule has 0 rings (SSSR count). The van der Waals surface area contributed by atoms with Crippen molar-refractivity contribution in [2.75, 3.05) is 0 Å². The lowest BCUT2D eigenvalue weighted by Gasteiger charge is -1.77. The van der Waals surface area contributed by atoms with E-state index in [4.69, 9.17) is 10.2 Å². The molecule has 0 aromatic carbocycles. The molecular weight excluding hydrogens is 79.5 g/mol. The molecule has 26 valence electrons. The van der Waals surface area contributed by atoms with Gasteiger partial charge in [-0.25, -0.2) is 0 Å². The highest BCUT2D eigenvalue weighted by Gasteiger charge is 1.74. The highest BCUT2D eigenvalue weighted by Crippen LogP contribution is 1.74. The Hall–Kier alpha value is 0.210. The molecule has 0 aromatic rings. The number of rotatable bonds is 0. The molecule has 0 radical (unpaired) electrons. The van der Waals surface area contributed by atoms with Crippen molar-refractivity contribution in [2.45, 2.75) is 5.75 Å². The average molecular weight is 82.5 g/mol. The van der Waals surface area contributed by atoms with Crippen molar-refractivity contribution in [1.82, 2.24) is 0 Å². The first kappa shape index (κ1) is 4.21. The SMILES string of the molecule is OC(O)Cl. The van der Waals surface area contributed by atoms with Gasteiger partial charge in [0.05, 0.1) is 0 Å². The minimum Gasteiger partial charge on any atom is -0.356 e. The maximum Gasteiger partial charge on any atom is 0.232 e. The summed E-state index contributed by atoms with van der Waals surface area (Å²) < 4.78 is 0. The van der Waals surface area contributed by atoms with Gasteiger partial charge in [-0.15, -0.1) is 0 Å². The van der Waals surface area contributed by atoms with Crippen molar-refractivity contribution < 1.29 is 10.2 Å². The van der Waals surface area contributed by atoms with E-state index in [0.717, 1.165) is 0 Å². The molecule has 2 nitrogen and oxygen atoms in total. The van der Waals surface area contributed by atoms with Gasteiger partial charge >= 0.3 is 0 Å². The number of hydrogen-bond donors (Lipinski definition) is 2. The topological polar surface area (TPSA) is 40.5 Å².